The number of hydrogen-bond acceptors (Lipinski definition) is 5. The van der Waals surface area contributed by atoms with Crippen molar-refractivity contribution in [3.63, 3.8) is 0 Å². The topological polar surface area (TPSA) is 73.9 Å². The first-order valence-electron chi connectivity index (χ1n) is 8.59. The molecular weight excluding hydrogens is 358 g/mol. The quantitative estimate of drug-likeness (QED) is 0.622. The minimum atomic E-state index is -0.651. The average Bonchev–Trinajstić information content (AvgIpc) is 2.73. The van der Waals surface area contributed by atoms with Crippen molar-refractivity contribution in [3.05, 3.63) is 84.4 Å². The van der Waals surface area contributed by atoms with E-state index in [9.17, 15) is 9.59 Å². The Morgan fingerprint density at radius 3 is 2.21 bits per heavy atom. The third kappa shape index (κ3) is 4.88. The van der Waals surface area contributed by atoms with Gasteiger partial charge in [-0.05, 0) is 36.4 Å². The SMILES string of the molecule is COc1ccccc1NC(=O)COC(=O)c1ccccc1Oc1ccccc1. The molecule has 1 N–H and O–H groups in total. The molecule has 0 saturated heterocycles. The molecule has 3 aromatic carbocycles. The number of esters is 1. The largest absolute Gasteiger partial charge is 0.495 e. The molecule has 0 aliphatic rings. The van der Waals surface area contributed by atoms with Gasteiger partial charge < -0.3 is 19.5 Å². The van der Waals surface area contributed by atoms with E-state index in [1.807, 2.05) is 18.2 Å². The van der Waals surface area contributed by atoms with Crippen LogP contribution in [0.25, 0.3) is 0 Å². The second-order valence-electron chi connectivity index (χ2n) is 5.74. The molecule has 0 atom stereocenters. The van der Waals surface area contributed by atoms with E-state index in [4.69, 9.17) is 14.2 Å². The van der Waals surface area contributed by atoms with Gasteiger partial charge in [0.2, 0.25) is 0 Å². The first-order valence-corrected chi connectivity index (χ1v) is 8.59. The number of amides is 1. The molecule has 0 bridgehead atoms. The van der Waals surface area contributed by atoms with Crippen molar-refractivity contribution < 1.29 is 23.8 Å². The molecule has 0 fully saturated rings. The molecule has 3 rings (SSSR count). The first kappa shape index (κ1) is 19.0. The van der Waals surface area contributed by atoms with E-state index in [0.717, 1.165) is 0 Å². The maximum atomic E-state index is 12.4. The van der Waals surface area contributed by atoms with E-state index < -0.39 is 18.5 Å². The monoisotopic (exact) mass is 377 g/mol. The van der Waals surface area contributed by atoms with Crippen LogP contribution in [0, 0.1) is 0 Å². The van der Waals surface area contributed by atoms with Gasteiger partial charge in [0.1, 0.15) is 22.8 Å². The van der Waals surface area contributed by atoms with Gasteiger partial charge in [-0.25, -0.2) is 4.79 Å². The molecule has 6 nitrogen and oxygen atoms in total. The fraction of sp³-hybridized carbons (Fsp3) is 0.0909. The highest BCUT2D eigenvalue weighted by molar-refractivity contribution is 5.97. The van der Waals surface area contributed by atoms with Crippen LogP contribution in [0.3, 0.4) is 0 Å². The third-order valence-corrected chi connectivity index (χ3v) is 3.79. The summed E-state index contributed by atoms with van der Waals surface area (Å²) >= 11 is 0. The lowest BCUT2D eigenvalue weighted by Gasteiger charge is -2.12. The predicted octanol–water partition coefficient (Wildman–Crippen LogP) is 4.28. The summed E-state index contributed by atoms with van der Waals surface area (Å²) in [7, 11) is 1.51. The zero-order valence-corrected chi connectivity index (χ0v) is 15.3. The van der Waals surface area contributed by atoms with Crippen molar-refractivity contribution in [2.24, 2.45) is 0 Å². The summed E-state index contributed by atoms with van der Waals surface area (Å²) in [5.41, 5.74) is 0.732. The first-order chi connectivity index (χ1) is 13.7. The molecule has 0 heterocycles. The zero-order chi connectivity index (χ0) is 19.8. The number of carbonyl (C=O) groups excluding carboxylic acids is 2. The van der Waals surface area contributed by atoms with Crippen LogP contribution in [0.2, 0.25) is 0 Å². The second kappa shape index (κ2) is 9.23. The lowest BCUT2D eigenvalue weighted by atomic mass is 10.2. The fourth-order valence-corrected chi connectivity index (χ4v) is 2.48. The number of hydrogen-bond donors (Lipinski definition) is 1. The van der Waals surface area contributed by atoms with Crippen LogP contribution in [0.1, 0.15) is 10.4 Å². The van der Waals surface area contributed by atoms with Crippen molar-refractivity contribution in [2.45, 2.75) is 0 Å². The summed E-state index contributed by atoms with van der Waals surface area (Å²) in [6, 6.07) is 22.8. The van der Waals surface area contributed by atoms with Crippen molar-refractivity contribution in [2.75, 3.05) is 19.0 Å². The van der Waals surface area contributed by atoms with Crippen LogP contribution in [0.15, 0.2) is 78.9 Å². The van der Waals surface area contributed by atoms with Crippen molar-refractivity contribution in [1.29, 1.82) is 0 Å². The van der Waals surface area contributed by atoms with Gasteiger partial charge in [-0.15, -0.1) is 0 Å². The Kier molecular flexibility index (Phi) is 6.25. The maximum Gasteiger partial charge on any atom is 0.342 e. The number of carbonyl (C=O) groups is 2. The van der Waals surface area contributed by atoms with Gasteiger partial charge in [-0.2, -0.15) is 0 Å². The van der Waals surface area contributed by atoms with Crippen LogP contribution in [-0.4, -0.2) is 25.6 Å². The predicted molar refractivity (Wildman–Crippen MR) is 105 cm³/mol. The van der Waals surface area contributed by atoms with Crippen LogP contribution in [0.5, 0.6) is 17.2 Å². The van der Waals surface area contributed by atoms with Crippen LogP contribution >= 0.6 is 0 Å². The molecule has 3 aromatic rings. The molecule has 0 aliphatic heterocycles. The number of benzene rings is 3. The van der Waals surface area contributed by atoms with Gasteiger partial charge in [0.15, 0.2) is 6.61 Å². The Hall–Kier alpha value is -3.80. The van der Waals surface area contributed by atoms with Crippen LogP contribution in [0.4, 0.5) is 5.69 Å². The molecule has 142 valence electrons. The van der Waals surface area contributed by atoms with Gasteiger partial charge in [-0.3, -0.25) is 4.79 Å². The smallest absolute Gasteiger partial charge is 0.342 e. The average molecular weight is 377 g/mol. The molecule has 0 saturated carbocycles. The highest BCUT2D eigenvalue weighted by Crippen LogP contribution is 2.26. The van der Waals surface area contributed by atoms with Crippen molar-refractivity contribution >= 4 is 17.6 Å². The lowest BCUT2D eigenvalue weighted by Crippen LogP contribution is -2.21. The van der Waals surface area contributed by atoms with Crippen molar-refractivity contribution in [3.8, 4) is 17.2 Å². The van der Waals surface area contributed by atoms with E-state index in [0.29, 0.717) is 22.9 Å². The van der Waals surface area contributed by atoms with Gasteiger partial charge in [0.25, 0.3) is 5.91 Å². The summed E-state index contributed by atoms with van der Waals surface area (Å²) in [6.45, 7) is -0.434. The number of ether oxygens (including phenoxy) is 3. The Balaban J connectivity index is 1.63. The normalized spacial score (nSPS) is 10.0. The van der Waals surface area contributed by atoms with Crippen LogP contribution in [-0.2, 0) is 9.53 Å². The molecule has 0 spiro atoms. The maximum absolute atomic E-state index is 12.4. The Labute approximate surface area is 162 Å². The van der Waals surface area contributed by atoms with E-state index >= 15 is 0 Å². The van der Waals surface area contributed by atoms with Gasteiger partial charge in [-0.1, -0.05) is 42.5 Å². The zero-order valence-electron chi connectivity index (χ0n) is 15.3. The third-order valence-electron chi connectivity index (χ3n) is 3.79. The summed E-state index contributed by atoms with van der Waals surface area (Å²) in [5.74, 6) is 0.338. The number of para-hydroxylation sites is 4. The highest BCUT2D eigenvalue weighted by atomic mass is 16.5. The Bertz CT molecular complexity index is 956. The summed E-state index contributed by atoms with van der Waals surface area (Å²) in [5, 5.41) is 2.65. The molecule has 28 heavy (non-hydrogen) atoms. The van der Waals surface area contributed by atoms with Gasteiger partial charge in [0, 0.05) is 0 Å². The minimum absolute atomic E-state index is 0.233. The molecule has 1 amide bonds. The highest BCUT2D eigenvalue weighted by Gasteiger charge is 2.16. The fourth-order valence-electron chi connectivity index (χ4n) is 2.48. The minimum Gasteiger partial charge on any atom is -0.495 e. The Morgan fingerprint density at radius 2 is 1.46 bits per heavy atom. The van der Waals surface area contributed by atoms with E-state index in [1.54, 1.807) is 60.7 Å². The summed E-state index contributed by atoms with van der Waals surface area (Å²) in [6.07, 6.45) is 0. The Morgan fingerprint density at radius 1 is 0.821 bits per heavy atom. The standard InChI is InChI=1S/C22H19NO5/c1-26-20-14-8-6-12-18(20)23-21(24)15-27-22(25)17-11-5-7-13-19(17)28-16-9-3-2-4-10-16/h2-14H,15H2,1H3,(H,23,24). The molecule has 0 aliphatic carbocycles. The van der Waals surface area contributed by atoms with Crippen molar-refractivity contribution in [1.82, 2.24) is 0 Å². The van der Waals surface area contributed by atoms with E-state index in [2.05, 4.69) is 5.32 Å². The van der Waals surface area contributed by atoms with Gasteiger partial charge in [0.05, 0.1) is 12.8 Å². The molecule has 0 unspecified atom stereocenters. The van der Waals surface area contributed by atoms with E-state index in [1.165, 1.54) is 7.11 Å². The number of anilines is 1. The number of rotatable bonds is 7. The van der Waals surface area contributed by atoms with Crippen LogP contribution < -0.4 is 14.8 Å². The molecular formula is C22H19NO5. The van der Waals surface area contributed by atoms with Gasteiger partial charge >= 0.3 is 5.97 Å². The molecule has 0 radical (unpaired) electrons. The summed E-state index contributed by atoms with van der Waals surface area (Å²) < 4.78 is 16.1. The summed E-state index contributed by atoms with van der Waals surface area (Å²) in [4.78, 5) is 24.5. The second-order valence-corrected chi connectivity index (χ2v) is 5.74. The molecule has 6 heteroatoms. The van der Waals surface area contributed by atoms with E-state index in [-0.39, 0.29) is 5.56 Å². The number of nitrogens with one attached hydrogen (secondary N) is 1. The lowest BCUT2D eigenvalue weighted by molar-refractivity contribution is -0.119. The number of methoxy groups -OCH3 is 1. The molecule has 0 aromatic heterocycles.